The van der Waals surface area contributed by atoms with E-state index in [9.17, 15) is 0 Å². The zero-order valence-corrected chi connectivity index (χ0v) is 10.9. The lowest BCUT2D eigenvalue weighted by Gasteiger charge is -2.20. The SMILES string of the molecule is c1c[n+](C2CCCCC2)cn1C1CCCCC1. The van der Waals surface area contributed by atoms with Gasteiger partial charge < -0.3 is 0 Å². The van der Waals surface area contributed by atoms with Crippen molar-refractivity contribution >= 4 is 0 Å². The third kappa shape index (κ3) is 2.56. The monoisotopic (exact) mass is 233 g/mol. The smallest absolute Gasteiger partial charge is 0.234 e. The molecule has 0 amide bonds. The molecule has 3 rings (SSSR count). The Labute approximate surface area is 105 Å². The summed E-state index contributed by atoms with van der Waals surface area (Å²) < 4.78 is 4.96. The van der Waals surface area contributed by atoms with Crippen molar-refractivity contribution in [2.75, 3.05) is 0 Å². The molecule has 1 heterocycles. The summed E-state index contributed by atoms with van der Waals surface area (Å²) in [5.41, 5.74) is 0. The maximum absolute atomic E-state index is 2.48. The molecule has 0 bridgehead atoms. The number of imidazole rings is 1. The highest BCUT2D eigenvalue weighted by atomic mass is 15.1. The first-order valence-corrected chi connectivity index (χ1v) is 7.52. The zero-order chi connectivity index (χ0) is 11.5. The van der Waals surface area contributed by atoms with Crippen LogP contribution in [0.2, 0.25) is 0 Å². The lowest BCUT2D eigenvalue weighted by Crippen LogP contribution is -2.38. The van der Waals surface area contributed by atoms with Gasteiger partial charge in [0.2, 0.25) is 6.33 Å². The minimum atomic E-state index is 0.786. The molecule has 2 saturated carbocycles. The average Bonchev–Trinajstić information content (AvgIpc) is 2.90. The molecule has 1 aromatic heterocycles. The Morgan fingerprint density at radius 2 is 1.47 bits per heavy atom. The van der Waals surface area contributed by atoms with Crippen LogP contribution in [0.1, 0.15) is 76.3 Å². The average molecular weight is 233 g/mol. The molecule has 0 saturated heterocycles. The molecule has 0 aliphatic heterocycles. The van der Waals surface area contributed by atoms with Gasteiger partial charge in [0.15, 0.2) is 0 Å². The van der Waals surface area contributed by atoms with E-state index in [2.05, 4.69) is 27.9 Å². The van der Waals surface area contributed by atoms with Gasteiger partial charge in [-0.2, -0.15) is 0 Å². The first-order chi connectivity index (χ1) is 8.43. The van der Waals surface area contributed by atoms with Crippen LogP contribution in [0.3, 0.4) is 0 Å². The summed E-state index contributed by atoms with van der Waals surface area (Å²) >= 11 is 0. The molecule has 0 atom stereocenters. The third-order valence-corrected chi connectivity index (χ3v) is 4.67. The van der Waals surface area contributed by atoms with Gasteiger partial charge in [0, 0.05) is 0 Å². The van der Waals surface area contributed by atoms with Crippen LogP contribution in [0.4, 0.5) is 0 Å². The second-order valence-corrected chi connectivity index (χ2v) is 5.89. The van der Waals surface area contributed by atoms with Gasteiger partial charge in [-0.1, -0.05) is 12.8 Å². The van der Waals surface area contributed by atoms with Crippen molar-refractivity contribution in [1.29, 1.82) is 0 Å². The second-order valence-electron chi connectivity index (χ2n) is 5.89. The summed E-state index contributed by atoms with van der Waals surface area (Å²) in [6.45, 7) is 0. The van der Waals surface area contributed by atoms with Gasteiger partial charge in [-0.15, -0.1) is 0 Å². The molecular weight excluding hydrogens is 208 g/mol. The van der Waals surface area contributed by atoms with Gasteiger partial charge in [-0.3, -0.25) is 0 Å². The molecule has 2 aliphatic rings. The Bertz CT molecular complexity index is 311. The molecule has 0 radical (unpaired) electrons. The molecule has 0 aromatic carbocycles. The topological polar surface area (TPSA) is 8.81 Å². The van der Waals surface area contributed by atoms with Crippen LogP contribution in [0.5, 0.6) is 0 Å². The molecule has 17 heavy (non-hydrogen) atoms. The fourth-order valence-corrected chi connectivity index (χ4v) is 3.58. The van der Waals surface area contributed by atoms with Crippen molar-refractivity contribution < 1.29 is 4.57 Å². The maximum atomic E-state index is 2.48. The maximum Gasteiger partial charge on any atom is 0.244 e. The normalized spacial score (nSPS) is 24.0. The lowest BCUT2D eigenvalue weighted by atomic mass is 9.95. The molecule has 0 unspecified atom stereocenters. The van der Waals surface area contributed by atoms with Crippen molar-refractivity contribution in [3.05, 3.63) is 18.7 Å². The fourth-order valence-electron chi connectivity index (χ4n) is 3.58. The first-order valence-electron chi connectivity index (χ1n) is 7.52. The van der Waals surface area contributed by atoms with Crippen LogP contribution in [0.15, 0.2) is 18.7 Å². The van der Waals surface area contributed by atoms with E-state index < -0.39 is 0 Å². The highest BCUT2D eigenvalue weighted by Crippen LogP contribution is 2.28. The Morgan fingerprint density at radius 1 is 0.824 bits per heavy atom. The molecular formula is C15H25N2+. The summed E-state index contributed by atoms with van der Waals surface area (Å²) in [6, 6.07) is 1.57. The van der Waals surface area contributed by atoms with Gasteiger partial charge in [0.05, 0.1) is 0 Å². The highest BCUT2D eigenvalue weighted by molar-refractivity contribution is 4.78. The molecule has 2 fully saturated rings. The molecule has 2 aliphatic carbocycles. The van der Waals surface area contributed by atoms with Crippen molar-refractivity contribution in [3.63, 3.8) is 0 Å². The summed E-state index contributed by atoms with van der Waals surface area (Å²) in [7, 11) is 0. The van der Waals surface area contributed by atoms with E-state index in [4.69, 9.17) is 0 Å². The van der Waals surface area contributed by atoms with Crippen molar-refractivity contribution in [2.45, 2.75) is 76.3 Å². The zero-order valence-electron chi connectivity index (χ0n) is 10.9. The van der Waals surface area contributed by atoms with Crippen LogP contribution < -0.4 is 4.57 Å². The van der Waals surface area contributed by atoms with E-state index in [-0.39, 0.29) is 0 Å². The Balaban J connectivity index is 1.68. The van der Waals surface area contributed by atoms with E-state index in [0.29, 0.717) is 0 Å². The molecule has 1 aromatic rings. The van der Waals surface area contributed by atoms with Crippen LogP contribution in [-0.4, -0.2) is 4.57 Å². The Hall–Kier alpha value is -0.790. The molecule has 0 spiro atoms. The molecule has 2 nitrogen and oxygen atoms in total. The summed E-state index contributed by atoms with van der Waals surface area (Å²) in [5.74, 6) is 0. The van der Waals surface area contributed by atoms with Crippen LogP contribution in [-0.2, 0) is 0 Å². The Morgan fingerprint density at radius 3 is 2.18 bits per heavy atom. The van der Waals surface area contributed by atoms with Gasteiger partial charge >= 0.3 is 0 Å². The quantitative estimate of drug-likeness (QED) is 0.687. The number of aromatic nitrogens is 2. The number of nitrogens with zero attached hydrogens (tertiary/aromatic N) is 2. The summed E-state index contributed by atoms with van der Waals surface area (Å²) in [6.07, 6.45) is 21.1. The molecule has 0 N–H and O–H groups in total. The molecule has 2 heteroatoms. The van der Waals surface area contributed by atoms with Crippen molar-refractivity contribution in [3.8, 4) is 0 Å². The van der Waals surface area contributed by atoms with Gasteiger partial charge in [-0.25, -0.2) is 9.13 Å². The van der Waals surface area contributed by atoms with Crippen LogP contribution in [0.25, 0.3) is 0 Å². The minimum Gasteiger partial charge on any atom is -0.234 e. The standard InChI is InChI=1S/C15H25N2/c1-3-7-14(8-4-1)16-11-12-17(13-16)15-9-5-2-6-10-15/h11-15H,1-10H2/q+1. The number of hydrogen-bond donors (Lipinski definition) is 0. The van der Waals surface area contributed by atoms with E-state index in [1.807, 2.05) is 0 Å². The van der Waals surface area contributed by atoms with E-state index in [1.165, 1.54) is 64.2 Å². The lowest BCUT2D eigenvalue weighted by molar-refractivity contribution is -0.725. The summed E-state index contributed by atoms with van der Waals surface area (Å²) in [4.78, 5) is 0. The predicted octanol–water partition coefficient (Wildman–Crippen LogP) is 3.79. The van der Waals surface area contributed by atoms with Gasteiger partial charge in [0.25, 0.3) is 0 Å². The Kier molecular flexibility index (Phi) is 3.49. The van der Waals surface area contributed by atoms with Crippen LogP contribution in [0, 0.1) is 0 Å². The predicted molar refractivity (Wildman–Crippen MR) is 68.9 cm³/mol. The van der Waals surface area contributed by atoms with Crippen molar-refractivity contribution in [1.82, 2.24) is 4.57 Å². The first kappa shape index (κ1) is 11.3. The van der Waals surface area contributed by atoms with Crippen LogP contribution >= 0.6 is 0 Å². The molecule has 94 valence electrons. The van der Waals surface area contributed by atoms with Gasteiger partial charge in [0.1, 0.15) is 24.5 Å². The fraction of sp³-hybridized carbons (Fsp3) is 0.800. The largest absolute Gasteiger partial charge is 0.244 e. The number of rotatable bonds is 2. The minimum absolute atomic E-state index is 0.786. The highest BCUT2D eigenvalue weighted by Gasteiger charge is 2.23. The van der Waals surface area contributed by atoms with E-state index in [1.54, 1.807) is 0 Å². The second kappa shape index (κ2) is 5.24. The van der Waals surface area contributed by atoms with E-state index in [0.717, 1.165) is 12.1 Å². The summed E-state index contributed by atoms with van der Waals surface area (Å²) in [5, 5.41) is 0. The number of hydrogen-bond acceptors (Lipinski definition) is 0. The van der Waals surface area contributed by atoms with E-state index >= 15 is 0 Å². The van der Waals surface area contributed by atoms with Gasteiger partial charge in [-0.05, 0) is 51.4 Å². The van der Waals surface area contributed by atoms with Crippen molar-refractivity contribution in [2.24, 2.45) is 0 Å². The third-order valence-electron chi connectivity index (χ3n) is 4.67.